The van der Waals surface area contributed by atoms with Crippen molar-refractivity contribution < 1.29 is 22.7 Å². The van der Waals surface area contributed by atoms with Crippen molar-refractivity contribution in [3.63, 3.8) is 0 Å². The predicted octanol–water partition coefficient (Wildman–Crippen LogP) is 4.50. The Kier molecular flexibility index (Phi) is 7.81. The minimum absolute atomic E-state index is 0.0798. The van der Waals surface area contributed by atoms with Gasteiger partial charge in [0.25, 0.3) is 0 Å². The number of ether oxygens (including phenoxy) is 1. The number of rotatable bonds is 6. The van der Waals surface area contributed by atoms with E-state index in [-0.39, 0.29) is 53.3 Å². The van der Waals surface area contributed by atoms with E-state index in [2.05, 4.69) is 20.7 Å². The smallest absolute Gasteiger partial charge is 0.377 e. The predicted molar refractivity (Wildman–Crippen MR) is 155 cm³/mol. The van der Waals surface area contributed by atoms with Crippen LogP contribution in [0.15, 0.2) is 30.3 Å². The van der Waals surface area contributed by atoms with Crippen LogP contribution < -0.4 is 15.5 Å². The number of hydrogen-bond donors (Lipinski definition) is 2. The second kappa shape index (κ2) is 11.6. The zero-order valence-electron chi connectivity index (χ0n) is 24.3. The average molecular weight is 598 g/mol. The summed E-state index contributed by atoms with van der Waals surface area (Å²) in [6.45, 7) is 7.91. The van der Waals surface area contributed by atoms with Gasteiger partial charge in [-0.1, -0.05) is 19.1 Å². The van der Waals surface area contributed by atoms with Crippen LogP contribution >= 0.6 is 0 Å². The summed E-state index contributed by atoms with van der Waals surface area (Å²) in [4.78, 5) is 28.7. The number of aryl methyl sites for hydroxylation is 1. The Morgan fingerprint density at radius 1 is 1.16 bits per heavy atom. The molecule has 2 aliphatic rings. The lowest BCUT2D eigenvalue weighted by Crippen LogP contribution is -2.44. The maximum absolute atomic E-state index is 14.9. The number of carbonyl (C=O) groups is 1. The highest BCUT2D eigenvalue weighted by Crippen LogP contribution is 2.42. The second-order valence-electron chi connectivity index (χ2n) is 10.9. The van der Waals surface area contributed by atoms with Crippen molar-refractivity contribution in [1.29, 1.82) is 0 Å². The first kappa shape index (κ1) is 29.1. The molecule has 0 spiro atoms. The number of alkyl halides is 3. The van der Waals surface area contributed by atoms with Crippen molar-refractivity contribution >= 4 is 28.7 Å². The molecule has 2 fully saturated rings. The van der Waals surface area contributed by atoms with Gasteiger partial charge in [-0.2, -0.15) is 23.3 Å². The van der Waals surface area contributed by atoms with Gasteiger partial charge in [0.15, 0.2) is 5.69 Å². The van der Waals surface area contributed by atoms with Crippen LogP contribution in [-0.2, 0) is 15.7 Å². The number of benzene rings is 1. The summed E-state index contributed by atoms with van der Waals surface area (Å²) in [6, 6.07) is 8.35. The molecule has 3 aromatic heterocycles. The number of aromatic nitrogens is 6. The van der Waals surface area contributed by atoms with E-state index < -0.39 is 11.9 Å². The molecule has 1 amide bonds. The third-order valence-electron chi connectivity index (χ3n) is 7.96. The highest BCUT2D eigenvalue weighted by molar-refractivity contribution is 5.92. The number of anilines is 2. The van der Waals surface area contributed by atoms with Gasteiger partial charge in [-0.15, -0.1) is 0 Å². The summed E-state index contributed by atoms with van der Waals surface area (Å²) < 4.78 is 53.0. The number of nitrogens with zero attached hydrogens (tertiary/aromatic N) is 7. The number of halogens is 3. The topological polar surface area (TPSA) is 115 Å². The maximum atomic E-state index is 14.9. The highest BCUT2D eigenvalue weighted by atomic mass is 19.4. The van der Waals surface area contributed by atoms with E-state index in [1.54, 1.807) is 36.6 Å². The first-order valence-corrected chi connectivity index (χ1v) is 14.5. The normalized spacial score (nSPS) is 18.4. The minimum Gasteiger partial charge on any atom is -0.377 e. The molecular formula is C29H34F3N9O2. The molecule has 0 unspecified atom stereocenters. The molecule has 0 bridgehead atoms. The summed E-state index contributed by atoms with van der Waals surface area (Å²) in [5.74, 6) is 0.453. The molecule has 0 radical (unpaired) electrons. The number of para-hydroxylation sites is 2. The van der Waals surface area contributed by atoms with Crippen LogP contribution in [-0.4, -0.2) is 74.1 Å². The van der Waals surface area contributed by atoms with Crippen LogP contribution in [0.5, 0.6) is 0 Å². The molecule has 6 rings (SSSR count). The lowest BCUT2D eigenvalue weighted by atomic mass is 10.0. The zero-order valence-corrected chi connectivity index (χ0v) is 24.3. The van der Waals surface area contributed by atoms with Crippen LogP contribution in [0.3, 0.4) is 0 Å². The van der Waals surface area contributed by atoms with Crippen LogP contribution in [0.25, 0.3) is 28.2 Å². The summed E-state index contributed by atoms with van der Waals surface area (Å²) in [6.07, 6.45) is -3.39. The fourth-order valence-corrected chi connectivity index (χ4v) is 5.83. The van der Waals surface area contributed by atoms with E-state index in [1.807, 2.05) is 24.0 Å². The van der Waals surface area contributed by atoms with Gasteiger partial charge in [0.2, 0.25) is 17.8 Å². The Morgan fingerprint density at radius 2 is 1.93 bits per heavy atom. The van der Waals surface area contributed by atoms with Crippen molar-refractivity contribution in [3.8, 4) is 17.2 Å². The molecule has 2 saturated heterocycles. The molecule has 5 heterocycles. The van der Waals surface area contributed by atoms with Crippen LogP contribution in [0.1, 0.15) is 50.5 Å². The van der Waals surface area contributed by atoms with Gasteiger partial charge < -0.3 is 15.0 Å². The Hall–Kier alpha value is -4.04. The van der Waals surface area contributed by atoms with Crippen LogP contribution in [0, 0.1) is 6.92 Å². The van der Waals surface area contributed by atoms with E-state index in [0.717, 1.165) is 4.68 Å². The lowest BCUT2D eigenvalue weighted by Gasteiger charge is -2.34. The first-order chi connectivity index (χ1) is 20.7. The van der Waals surface area contributed by atoms with E-state index in [4.69, 9.17) is 14.7 Å². The third-order valence-corrected chi connectivity index (χ3v) is 7.96. The minimum atomic E-state index is -4.68. The van der Waals surface area contributed by atoms with Crippen molar-refractivity contribution in [2.75, 3.05) is 43.1 Å². The molecule has 1 atom stereocenters. The van der Waals surface area contributed by atoms with E-state index in [1.165, 1.54) is 0 Å². The van der Waals surface area contributed by atoms with Crippen LogP contribution in [0.4, 0.5) is 24.9 Å². The number of morpholine rings is 1. The van der Waals surface area contributed by atoms with Gasteiger partial charge >= 0.3 is 6.18 Å². The quantitative estimate of drug-likeness (QED) is 0.334. The molecule has 0 aliphatic carbocycles. The molecule has 4 aromatic rings. The summed E-state index contributed by atoms with van der Waals surface area (Å²) in [5, 5.41) is 10.5. The number of piperidine rings is 1. The number of carbonyl (C=O) groups excluding carboxylic acids is 1. The van der Waals surface area contributed by atoms with Crippen molar-refractivity contribution in [3.05, 3.63) is 41.7 Å². The molecule has 14 heteroatoms. The van der Waals surface area contributed by atoms with E-state index in [0.29, 0.717) is 62.5 Å². The summed E-state index contributed by atoms with van der Waals surface area (Å²) in [5.41, 5.74) is 0.596. The van der Waals surface area contributed by atoms with E-state index >= 15 is 0 Å². The third kappa shape index (κ3) is 5.56. The summed E-state index contributed by atoms with van der Waals surface area (Å²) >= 11 is 0. The fraction of sp³-hybridized carbons (Fsp3) is 0.483. The number of hydrogen-bond acceptors (Lipinski definition) is 8. The second-order valence-corrected chi connectivity index (χ2v) is 10.9. The van der Waals surface area contributed by atoms with Gasteiger partial charge in [-0.05, 0) is 51.9 Å². The highest BCUT2D eigenvalue weighted by Gasteiger charge is 2.42. The van der Waals surface area contributed by atoms with E-state index in [9.17, 15) is 18.0 Å². The number of amides is 1. The largest absolute Gasteiger partial charge is 0.433 e. The average Bonchev–Trinajstić information content (AvgIpc) is 3.55. The molecule has 1 aromatic carbocycles. The van der Waals surface area contributed by atoms with Gasteiger partial charge in [0.05, 0.1) is 53.3 Å². The fourth-order valence-electron chi connectivity index (χ4n) is 5.83. The molecule has 11 nitrogen and oxygen atoms in total. The van der Waals surface area contributed by atoms with Gasteiger partial charge in [0.1, 0.15) is 5.82 Å². The Balaban J connectivity index is 1.60. The van der Waals surface area contributed by atoms with Crippen molar-refractivity contribution in [2.24, 2.45) is 0 Å². The van der Waals surface area contributed by atoms with Gasteiger partial charge in [0, 0.05) is 19.0 Å². The monoisotopic (exact) mass is 597 g/mol. The molecule has 2 N–H and O–H groups in total. The first-order valence-electron chi connectivity index (χ1n) is 14.5. The molecule has 2 aliphatic heterocycles. The Labute approximate surface area is 246 Å². The standard InChI is InChI=1S/C29H34F3N9O2/c1-4-24(42)37-28-34-20-7-5-6-8-22(20)40(28)27-35-21(15-23(36-27)39-13-14-43-16-17(39)2)25-18(3)38-41(26(25)29(30,31)32)19-9-11-33-12-10-19/h5-8,15,17,19,33H,4,9-14,16H2,1-3H3,(H,34,37,42)/t17-/m1/s1. The Morgan fingerprint density at radius 3 is 2.65 bits per heavy atom. The van der Waals surface area contributed by atoms with Crippen LogP contribution in [0.2, 0.25) is 0 Å². The lowest BCUT2D eigenvalue weighted by molar-refractivity contribution is -0.144. The maximum Gasteiger partial charge on any atom is 0.433 e. The number of imidazole rings is 1. The van der Waals surface area contributed by atoms with Gasteiger partial charge in [-0.3, -0.25) is 14.8 Å². The molecule has 43 heavy (non-hydrogen) atoms. The van der Waals surface area contributed by atoms with Gasteiger partial charge in [-0.25, -0.2) is 14.5 Å². The number of nitrogens with one attached hydrogen (secondary N) is 2. The van der Waals surface area contributed by atoms with Crippen molar-refractivity contribution in [1.82, 2.24) is 34.6 Å². The molecule has 228 valence electrons. The molecule has 0 saturated carbocycles. The number of fused-ring (bicyclic) bond motifs is 1. The summed E-state index contributed by atoms with van der Waals surface area (Å²) in [7, 11) is 0. The van der Waals surface area contributed by atoms with Crippen molar-refractivity contribution in [2.45, 2.75) is 58.3 Å². The SMILES string of the molecule is CCC(=O)Nc1nc2ccccc2n1-c1nc(-c2c(C)nn(C3CCNCC3)c2C(F)(F)F)cc(N2CCOC[C@H]2C)n1. The zero-order chi connectivity index (χ0) is 30.3. The molecular weight excluding hydrogens is 563 g/mol. The Bertz CT molecular complexity index is 1640.